The van der Waals surface area contributed by atoms with E-state index >= 15 is 0 Å². The van der Waals surface area contributed by atoms with E-state index in [1.807, 2.05) is 30.3 Å². The standard InChI is InChI=1S/C33H32FN2O7/c34-25-13-11-23(12-14-25)32-28-3-1-2-4-30(28)35-33(24-9-10-24)29(32)16-15-26(37)17-27(38)18-31(39)42-19-21-5-7-22(8-6-21)20-43-36(40)41/h1-8,11-16,24,26-27,37-38H,9-10,17-20H2,(H,40,41)/q+1/b16-15+. The second kappa shape index (κ2) is 13.5. The molecule has 0 saturated heterocycles. The first kappa shape index (κ1) is 29.8. The Morgan fingerprint density at radius 2 is 1.67 bits per heavy atom. The molecule has 0 amide bonds. The summed E-state index contributed by atoms with van der Waals surface area (Å²) in [6.07, 6.45) is 2.89. The Hall–Kier alpha value is -4.67. The lowest BCUT2D eigenvalue weighted by Crippen LogP contribution is -2.20. The Labute approximate surface area is 247 Å². The van der Waals surface area contributed by atoms with Crippen molar-refractivity contribution >= 4 is 22.9 Å². The molecule has 1 saturated carbocycles. The summed E-state index contributed by atoms with van der Waals surface area (Å²) < 4.78 is 19.0. The lowest BCUT2D eigenvalue weighted by Gasteiger charge is -2.16. The monoisotopic (exact) mass is 587 g/mol. The largest absolute Gasteiger partial charge is 0.475 e. The van der Waals surface area contributed by atoms with Crippen molar-refractivity contribution in [3.63, 3.8) is 0 Å². The molecule has 4 aromatic rings. The number of hydrogen-bond acceptors (Lipinski definition) is 7. The maximum Gasteiger partial charge on any atom is 0.475 e. The van der Waals surface area contributed by atoms with E-state index < -0.39 is 23.3 Å². The van der Waals surface area contributed by atoms with Crippen LogP contribution in [0.4, 0.5) is 4.39 Å². The van der Waals surface area contributed by atoms with Gasteiger partial charge in [0.25, 0.3) is 0 Å². The number of aliphatic hydroxyl groups is 2. The number of rotatable bonds is 13. The quantitative estimate of drug-likeness (QED) is 0.133. The summed E-state index contributed by atoms with van der Waals surface area (Å²) >= 11 is 0. The number of fused-ring (bicyclic) bond motifs is 1. The summed E-state index contributed by atoms with van der Waals surface area (Å²) in [5, 5.41) is 30.0. The molecule has 2 unspecified atom stereocenters. The Morgan fingerprint density at radius 3 is 2.35 bits per heavy atom. The van der Waals surface area contributed by atoms with Crippen LogP contribution in [0.15, 0.2) is 78.9 Å². The van der Waals surface area contributed by atoms with Gasteiger partial charge in [-0.3, -0.25) is 9.78 Å². The zero-order valence-electron chi connectivity index (χ0n) is 23.3. The van der Waals surface area contributed by atoms with Gasteiger partial charge >= 0.3 is 11.1 Å². The minimum Gasteiger partial charge on any atom is -0.461 e. The van der Waals surface area contributed by atoms with Crippen molar-refractivity contribution in [1.29, 1.82) is 0 Å². The first-order chi connectivity index (χ1) is 20.8. The van der Waals surface area contributed by atoms with Crippen LogP contribution in [-0.2, 0) is 27.6 Å². The van der Waals surface area contributed by atoms with Crippen LogP contribution in [0.5, 0.6) is 0 Å². The number of hydrogen-bond donors (Lipinski definition) is 3. The highest BCUT2D eigenvalue weighted by atomic mass is 19.1. The van der Waals surface area contributed by atoms with Crippen molar-refractivity contribution in [3.8, 4) is 11.1 Å². The van der Waals surface area contributed by atoms with Gasteiger partial charge in [-0.1, -0.05) is 66.7 Å². The zero-order valence-corrected chi connectivity index (χ0v) is 23.3. The van der Waals surface area contributed by atoms with Crippen LogP contribution in [0, 0.1) is 10.7 Å². The molecule has 1 aliphatic carbocycles. The lowest BCUT2D eigenvalue weighted by atomic mass is 9.92. The van der Waals surface area contributed by atoms with E-state index in [0.29, 0.717) is 17.0 Å². The molecule has 0 bridgehead atoms. The predicted molar refractivity (Wildman–Crippen MR) is 156 cm³/mol. The number of aromatic nitrogens is 1. The van der Waals surface area contributed by atoms with Gasteiger partial charge in [-0.25, -0.2) is 9.60 Å². The second-order valence-corrected chi connectivity index (χ2v) is 10.6. The molecule has 0 radical (unpaired) electrons. The third kappa shape index (κ3) is 8.00. The van der Waals surface area contributed by atoms with Crippen molar-refractivity contribution in [2.45, 2.75) is 57.0 Å². The fourth-order valence-corrected chi connectivity index (χ4v) is 4.93. The van der Waals surface area contributed by atoms with Crippen molar-refractivity contribution < 1.29 is 39.3 Å². The minimum atomic E-state index is -1.13. The molecule has 9 nitrogen and oxygen atoms in total. The molecule has 1 aromatic heterocycles. The van der Waals surface area contributed by atoms with E-state index in [1.165, 1.54) is 12.1 Å². The topological polar surface area (TPSA) is 129 Å². The van der Waals surface area contributed by atoms with Crippen LogP contribution < -0.4 is 0 Å². The van der Waals surface area contributed by atoms with Gasteiger partial charge in [-0.15, -0.1) is 0 Å². The third-order valence-electron chi connectivity index (χ3n) is 7.22. The molecule has 43 heavy (non-hydrogen) atoms. The van der Waals surface area contributed by atoms with Gasteiger partial charge in [0.05, 0.1) is 29.8 Å². The van der Waals surface area contributed by atoms with Crippen molar-refractivity contribution in [2.24, 2.45) is 0 Å². The maximum absolute atomic E-state index is 13.8. The Bertz CT molecular complexity index is 1620. The van der Waals surface area contributed by atoms with E-state index in [2.05, 4.69) is 4.84 Å². The maximum atomic E-state index is 13.8. The fraction of sp³-hybridized carbons (Fsp3) is 0.273. The van der Waals surface area contributed by atoms with Crippen LogP contribution in [-0.4, -0.2) is 43.7 Å². The predicted octanol–water partition coefficient (Wildman–Crippen LogP) is 5.78. The molecule has 0 aliphatic heterocycles. The number of nitrogens with zero attached hydrogens (tertiary/aromatic N) is 2. The van der Waals surface area contributed by atoms with Crippen LogP contribution in [0.2, 0.25) is 0 Å². The summed E-state index contributed by atoms with van der Waals surface area (Å²) in [6.45, 7) is -0.135. The normalized spacial score (nSPS) is 14.5. The minimum absolute atomic E-state index is 0.0199. The molecule has 222 valence electrons. The Balaban J connectivity index is 1.24. The number of carbonyl (C=O) groups is 1. The molecule has 3 N–H and O–H groups in total. The highest BCUT2D eigenvalue weighted by Crippen LogP contribution is 2.45. The van der Waals surface area contributed by atoms with Gasteiger partial charge in [0.2, 0.25) is 0 Å². The van der Waals surface area contributed by atoms with E-state index in [1.54, 1.807) is 42.5 Å². The number of para-hydroxylation sites is 1. The molecule has 1 fully saturated rings. The lowest BCUT2D eigenvalue weighted by molar-refractivity contribution is -0.979. The molecule has 2 atom stereocenters. The van der Waals surface area contributed by atoms with E-state index in [-0.39, 0.29) is 31.9 Å². The number of pyridine rings is 1. The average molecular weight is 588 g/mol. The first-order valence-electron chi connectivity index (χ1n) is 14.0. The third-order valence-corrected chi connectivity index (χ3v) is 7.22. The van der Waals surface area contributed by atoms with Crippen LogP contribution >= 0.6 is 0 Å². The van der Waals surface area contributed by atoms with E-state index in [9.17, 15) is 24.3 Å². The molecule has 5 rings (SSSR count). The molecule has 1 heterocycles. The summed E-state index contributed by atoms with van der Waals surface area (Å²) in [7, 11) is 0. The number of ether oxygens (including phenoxy) is 1. The second-order valence-electron chi connectivity index (χ2n) is 10.6. The molecule has 1 aliphatic rings. The highest BCUT2D eigenvalue weighted by molar-refractivity contribution is 5.99. The number of aliphatic hydroxyl groups excluding tert-OH is 2. The summed E-state index contributed by atoms with van der Waals surface area (Å²) in [5.41, 5.74) is 5.67. The van der Waals surface area contributed by atoms with E-state index in [4.69, 9.17) is 14.9 Å². The van der Waals surface area contributed by atoms with Gasteiger partial charge in [0.1, 0.15) is 17.3 Å². The molecule has 10 heteroatoms. The molecular formula is C33H32FN2O7+. The van der Waals surface area contributed by atoms with Crippen molar-refractivity contribution in [1.82, 2.24) is 4.98 Å². The van der Waals surface area contributed by atoms with Crippen LogP contribution in [0.1, 0.15) is 54.0 Å². The number of esters is 1. The van der Waals surface area contributed by atoms with Crippen LogP contribution in [0.3, 0.4) is 0 Å². The SMILES string of the molecule is O=C(CC(O)CC(O)/C=C/c1c(C2CC2)nc2ccccc2c1-c1ccc(F)cc1)OCc1ccc(CO[N+](=O)O)cc1. The molecule has 3 aromatic carbocycles. The van der Waals surface area contributed by atoms with Gasteiger partial charge in [-0.2, -0.15) is 4.84 Å². The number of carbonyl (C=O) groups excluding carboxylic acids is 1. The van der Waals surface area contributed by atoms with Crippen molar-refractivity contribution in [3.05, 3.63) is 112 Å². The Morgan fingerprint density at radius 1 is 1.00 bits per heavy atom. The smallest absolute Gasteiger partial charge is 0.461 e. The fourth-order valence-electron chi connectivity index (χ4n) is 4.93. The molecule has 0 spiro atoms. The average Bonchev–Trinajstić information content (AvgIpc) is 3.84. The summed E-state index contributed by atoms with van der Waals surface area (Å²) in [5.74, 6) is -0.647. The highest BCUT2D eigenvalue weighted by Gasteiger charge is 2.29. The number of halogens is 1. The molecular weight excluding hydrogens is 555 g/mol. The first-order valence-corrected chi connectivity index (χ1v) is 14.0. The van der Waals surface area contributed by atoms with Gasteiger partial charge in [0, 0.05) is 28.9 Å². The van der Waals surface area contributed by atoms with Crippen LogP contribution in [0.25, 0.3) is 28.1 Å². The van der Waals surface area contributed by atoms with Gasteiger partial charge in [0.15, 0.2) is 6.61 Å². The zero-order chi connectivity index (χ0) is 30.3. The van der Waals surface area contributed by atoms with Gasteiger partial charge < -0.3 is 14.9 Å². The van der Waals surface area contributed by atoms with Gasteiger partial charge in [-0.05, 0) is 47.7 Å². The Kier molecular flexibility index (Phi) is 9.38. The summed E-state index contributed by atoms with van der Waals surface area (Å²) in [4.78, 5) is 32.1. The number of benzene rings is 3. The van der Waals surface area contributed by atoms with E-state index in [0.717, 1.165) is 46.1 Å². The van der Waals surface area contributed by atoms with Crippen molar-refractivity contribution in [2.75, 3.05) is 0 Å². The summed E-state index contributed by atoms with van der Waals surface area (Å²) in [6, 6.07) is 20.8.